The van der Waals surface area contributed by atoms with Crippen molar-refractivity contribution in [3.63, 3.8) is 0 Å². The zero-order chi connectivity index (χ0) is 20.7. The van der Waals surface area contributed by atoms with Crippen LogP contribution in [-0.2, 0) is 20.9 Å². The second-order valence-electron chi connectivity index (χ2n) is 7.69. The van der Waals surface area contributed by atoms with E-state index in [-0.39, 0.29) is 11.5 Å². The number of nitriles is 1. The minimum absolute atomic E-state index is 0.122. The van der Waals surface area contributed by atoms with Crippen LogP contribution in [0.25, 0.3) is 6.08 Å². The fraction of sp³-hybridized carbons (Fsp3) is 0.571. The molecule has 6 heteroatoms. The van der Waals surface area contributed by atoms with Crippen LogP contribution in [0.15, 0.2) is 11.6 Å². The SMILES string of the molecule is Cc1cc(/C=C(\C#N)C(=O)O[C@@H](C)C(=O)NCC(C)C)c(C)n1CC(C)C. The van der Waals surface area contributed by atoms with Crippen molar-refractivity contribution < 1.29 is 14.3 Å². The van der Waals surface area contributed by atoms with Crippen molar-refractivity contribution in [3.05, 3.63) is 28.6 Å². The number of carbonyl (C=O) groups is 2. The molecule has 27 heavy (non-hydrogen) atoms. The first-order valence-electron chi connectivity index (χ1n) is 9.34. The number of nitrogens with zero attached hydrogens (tertiary/aromatic N) is 2. The Balaban J connectivity index is 2.93. The van der Waals surface area contributed by atoms with E-state index in [4.69, 9.17) is 4.74 Å². The Hall–Kier alpha value is -2.55. The van der Waals surface area contributed by atoms with Gasteiger partial charge < -0.3 is 14.6 Å². The maximum atomic E-state index is 12.3. The van der Waals surface area contributed by atoms with Crippen molar-refractivity contribution in [2.75, 3.05) is 6.54 Å². The molecule has 1 aromatic heterocycles. The van der Waals surface area contributed by atoms with Gasteiger partial charge >= 0.3 is 5.97 Å². The lowest BCUT2D eigenvalue weighted by Gasteiger charge is -2.14. The summed E-state index contributed by atoms with van der Waals surface area (Å²) in [5.74, 6) is -0.382. The van der Waals surface area contributed by atoms with E-state index in [1.807, 2.05) is 39.8 Å². The number of carbonyl (C=O) groups excluding carboxylic acids is 2. The molecule has 0 saturated carbocycles. The predicted molar refractivity (Wildman–Crippen MR) is 106 cm³/mol. The third-order valence-electron chi connectivity index (χ3n) is 4.14. The smallest absolute Gasteiger partial charge is 0.349 e. The Morgan fingerprint density at radius 2 is 1.85 bits per heavy atom. The normalized spacial score (nSPS) is 12.8. The van der Waals surface area contributed by atoms with Crippen LogP contribution in [-0.4, -0.2) is 29.1 Å². The van der Waals surface area contributed by atoms with Crippen molar-refractivity contribution in [1.29, 1.82) is 5.26 Å². The highest BCUT2D eigenvalue weighted by molar-refractivity contribution is 5.99. The van der Waals surface area contributed by atoms with Gasteiger partial charge in [0.15, 0.2) is 6.10 Å². The van der Waals surface area contributed by atoms with Gasteiger partial charge in [-0.2, -0.15) is 5.26 Å². The molecule has 148 valence electrons. The monoisotopic (exact) mass is 373 g/mol. The molecule has 0 bridgehead atoms. The fourth-order valence-corrected chi connectivity index (χ4v) is 2.64. The number of aryl methyl sites for hydroxylation is 1. The number of nitrogens with one attached hydrogen (secondary N) is 1. The molecule has 0 spiro atoms. The lowest BCUT2D eigenvalue weighted by molar-refractivity contribution is -0.150. The van der Waals surface area contributed by atoms with Crippen LogP contribution < -0.4 is 5.32 Å². The Kier molecular flexibility index (Phi) is 8.30. The van der Waals surface area contributed by atoms with Gasteiger partial charge in [0.2, 0.25) is 0 Å². The van der Waals surface area contributed by atoms with E-state index < -0.39 is 12.1 Å². The van der Waals surface area contributed by atoms with E-state index in [1.54, 1.807) is 0 Å². The summed E-state index contributed by atoms with van der Waals surface area (Å²) in [5.41, 5.74) is 2.74. The topological polar surface area (TPSA) is 84.1 Å². The van der Waals surface area contributed by atoms with E-state index in [9.17, 15) is 14.9 Å². The number of esters is 1. The van der Waals surface area contributed by atoms with E-state index in [0.29, 0.717) is 18.4 Å². The number of rotatable bonds is 8. The van der Waals surface area contributed by atoms with E-state index >= 15 is 0 Å². The second kappa shape index (κ2) is 9.96. The van der Waals surface area contributed by atoms with Crippen molar-refractivity contribution in [2.24, 2.45) is 11.8 Å². The highest BCUT2D eigenvalue weighted by Crippen LogP contribution is 2.20. The molecule has 0 aliphatic heterocycles. The quantitative estimate of drug-likeness (QED) is 0.430. The largest absolute Gasteiger partial charge is 0.448 e. The van der Waals surface area contributed by atoms with E-state index in [2.05, 4.69) is 23.7 Å². The van der Waals surface area contributed by atoms with Gasteiger partial charge in [-0.1, -0.05) is 27.7 Å². The summed E-state index contributed by atoms with van der Waals surface area (Å²) in [6.07, 6.45) is 0.571. The van der Waals surface area contributed by atoms with Gasteiger partial charge in [0, 0.05) is 24.5 Å². The van der Waals surface area contributed by atoms with Crippen LogP contribution in [0, 0.1) is 37.0 Å². The van der Waals surface area contributed by atoms with E-state index in [0.717, 1.165) is 23.5 Å². The molecule has 0 fully saturated rings. The molecule has 1 amide bonds. The first-order chi connectivity index (χ1) is 12.6. The van der Waals surface area contributed by atoms with Crippen LogP contribution in [0.1, 0.15) is 51.6 Å². The zero-order valence-corrected chi connectivity index (χ0v) is 17.4. The fourth-order valence-electron chi connectivity index (χ4n) is 2.64. The van der Waals surface area contributed by atoms with Gasteiger partial charge in [0.1, 0.15) is 11.6 Å². The van der Waals surface area contributed by atoms with Crippen LogP contribution >= 0.6 is 0 Å². The maximum absolute atomic E-state index is 12.3. The van der Waals surface area contributed by atoms with Gasteiger partial charge in [0.25, 0.3) is 5.91 Å². The van der Waals surface area contributed by atoms with E-state index in [1.165, 1.54) is 13.0 Å². The molecule has 0 unspecified atom stereocenters. The average Bonchev–Trinajstić information content (AvgIpc) is 2.84. The van der Waals surface area contributed by atoms with Crippen LogP contribution in [0.2, 0.25) is 0 Å². The molecule has 0 saturated heterocycles. The minimum atomic E-state index is -0.957. The summed E-state index contributed by atoms with van der Waals surface area (Å²) >= 11 is 0. The minimum Gasteiger partial charge on any atom is -0.448 e. The summed E-state index contributed by atoms with van der Waals surface area (Å²) in [4.78, 5) is 24.3. The van der Waals surface area contributed by atoms with Crippen LogP contribution in [0.5, 0.6) is 0 Å². The molecule has 1 heterocycles. The number of ether oxygens (including phenoxy) is 1. The highest BCUT2D eigenvalue weighted by Gasteiger charge is 2.21. The Bertz CT molecular complexity index is 751. The third kappa shape index (κ3) is 6.59. The zero-order valence-electron chi connectivity index (χ0n) is 17.4. The molecule has 0 aromatic carbocycles. The molecule has 1 N–H and O–H groups in total. The standard InChI is InChI=1S/C21H31N3O3/c1-13(2)11-23-20(25)17(7)27-21(26)19(10-22)9-18-8-15(5)24(16(18)6)12-14(3)4/h8-9,13-14,17H,11-12H2,1-7H3,(H,23,25)/b19-9+/t17-/m0/s1. The number of hydrogen-bond acceptors (Lipinski definition) is 4. The van der Waals surface area contributed by atoms with Crippen molar-refractivity contribution in [1.82, 2.24) is 9.88 Å². The lowest BCUT2D eigenvalue weighted by atomic mass is 10.1. The molecule has 1 aromatic rings. The molecule has 1 atom stereocenters. The van der Waals surface area contributed by atoms with Crippen molar-refractivity contribution in [3.8, 4) is 6.07 Å². The van der Waals surface area contributed by atoms with Crippen molar-refractivity contribution >= 4 is 18.0 Å². The van der Waals surface area contributed by atoms with Gasteiger partial charge in [-0.15, -0.1) is 0 Å². The predicted octanol–water partition coefficient (Wildman–Crippen LogP) is 3.37. The third-order valence-corrected chi connectivity index (χ3v) is 4.14. The van der Waals surface area contributed by atoms with Gasteiger partial charge in [-0.3, -0.25) is 4.79 Å². The lowest BCUT2D eigenvalue weighted by Crippen LogP contribution is -2.37. The van der Waals surface area contributed by atoms with Crippen LogP contribution in [0.3, 0.4) is 0 Å². The first-order valence-corrected chi connectivity index (χ1v) is 9.34. The summed E-state index contributed by atoms with van der Waals surface area (Å²) in [6.45, 7) is 15.1. The van der Waals surface area contributed by atoms with Gasteiger partial charge in [-0.25, -0.2) is 4.79 Å². The Labute approximate surface area is 162 Å². The number of aromatic nitrogens is 1. The van der Waals surface area contributed by atoms with Crippen LogP contribution in [0.4, 0.5) is 0 Å². The van der Waals surface area contributed by atoms with Gasteiger partial charge in [-0.05, 0) is 50.3 Å². The number of hydrogen-bond donors (Lipinski definition) is 1. The summed E-state index contributed by atoms with van der Waals surface area (Å²) in [6, 6.07) is 3.83. The second-order valence-corrected chi connectivity index (χ2v) is 7.69. The Morgan fingerprint density at radius 1 is 1.22 bits per heavy atom. The highest BCUT2D eigenvalue weighted by atomic mass is 16.5. The van der Waals surface area contributed by atoms with Crippen molar-refractivity contribution in [2.45, 2.75) is 61.1 Å². The summed E-state index contributed by atoms with van der Waals surface area (Å²) < 4.78 is 7.33. The molecule has 0 aliphatic rings. The van der Waals surface area contributed by atoms with Gasteiger partial charge in [0.05, 0.1) is 0 Å². The molecule has 1 rings (SSSR count). The molecule has 6 nitrogen and oxygen atoms in total. The number of amides is 1. The molecular formula is C21H31N3O3. The summed E-state index contributed by atoms with van der Waals surface area (Å²) in [5, 5.41) is 12.1. The summed E-state index contributed by atoms with van der Waals surface area (Å²) in [7, 11) is 0. The first kappa shape index (κ1) is 22.5. The average molecular weight is 373 g/mol. The maximum Gasteiger partial charge on any atom is 0.349 e. The molecule has 0 aliphatic carbocycles. The molecular weight excluding hydrogens is 342 g/mol. The Morgan fingerprint density at radius 3 is 2.37 bits per heavy atom. The molecule has 0 radical (unpaired) electrons.